The molecule has 1 unspecified atom stereocenters. The predicted octanol–water partition coefficient (Wildman–Crippen LogP) is 2.68. The molecule has 140 valence electrons. The second-order valence-corrected chi connectivity index (χ2v) is 6.18. The van der Waals surface area contributed by atoms with E-state index in [-0.39, 0.29) is 12.5 Å². The monoisotopic (exact) mass is 365 g/mol. The molecule has 3 rings (SSSR count). The van der Waals surface area contributed by atoms with Crippen molar-refractivity contribution >= 4 is 11.9 Å². The summed E-state index contributed by atoms with van der Waals surface area (Å²) < 4.78 is 0. The Kier molecular flexibility index (Phi) is 5.83. The number of H-pyrrole nitrogens is 1. The van der Waals surface area contributed by atoms with Crippen molar-refractivity contribution < 1.29 is 9.90 Å². The van der Waals surface area contributed by atoms with Gasteiger partial charge in [0.15, 0.2) is 0 Å². The molecule has 0 spiro atoms. The first-order valence-corrected chi connectivity index (χ1v) is 8.85. The topological polar surface area (TPSA) is 103 Å². The molecule has 0 aliphatic heterocycles. The summed E-state index contributed by atoms with van der Waals surface area (Å²) in [6.45, 7) is 4.45. The fraction of sp³-hybridized carbons (Fsp3) is 0.250. The summed E-state index contributed by atoms with van der Waals surface area (Å²) in [6, 6.07) is 10.7. The van der Waals surface area contributed by atoms with Crippen LogP contribution in [0.1, 0.15) is 34.6 Å². The Hall–Kier alpha value is -3.19. The van der Waals surface area contributed by atoms with Gasteiger partial charge in [-0.3, -0.25) is 4.79 Å². The zero-order valence-corrected chi connectivity index (χ0v) is 15.4. The van der Waals surface area contributed by atoms with E-state index in [1.807, 2.05) is 44.2 Å². The van der Waals surface area contributed by atoms with Crippen LogP contribution in [0.5, 0.6) is 0 Å². The van der Waals surface area contributed by atoms with Gasteiger partial charge in [-0.05, 0) is 31.0 Å². The maximum absolute atomic E-state index is 12.6. The molecule has 0 aliphatic rings. The standard InChI is InChI=1S/C20H23N5O2/c1-3-21-20-23-10-13(2)18(25-20)15-9-16(22-11-15)19(27)24-17(12-26)14-7-5-4-6-8-14/h4-11,17,22,26H,3,12H2,1-2H3,(H,24,27)(H,21,23,25). The second kappa shape index (κ2) is 8.46. The lowest BCUT2D eigenvalue weighted by molar-refractivity contribution is 0.0912. The minimum absolute atomic E-state index is 0.180. The molecular formula is C20H23N5O2. The SMILES string of the molecule is CCNc1ncc(C)c(-c2c[nH]c(C(=O)NC(CO)c3ccccc3)c2)n1. The van der Waals surface area contributed by atoms with Gasteiger partial charge in [-0.1, -0.05) is 30.3 Å². The van der Waals surface area contributed by atoms with Gasteiger partial charge in [0.05, 0.1) is 18.3 Å². The number of aryl methyl sites for hydroxylation is 1. The van der Waals surface area contributed by atoms with Gasteiger partial charge in [0, 0.05) is 24.5 Å². The molecule has 7 heteroatoms. The Morgan fingerprint density at radius 2 is 2.07 bits per heavy atom. The van der Waals surface area contributed by atoms with Gasteiger partial charge in [-0.15, -0.1) is 0 Å². The lowest BCUT2D eigenvalue weighted by Gasteiger charge is -2.16. The second-order valence-electron chi connectivity index (χ2n) is 6.18. The Labute approximate surface area is 157 Å². The van der Waals surface area contributed by atoms with Crippen LogP contribution < -0.4 is 10.6 Å². The van der Waals surface area contributed by atoms with E-state index >= 15 is 0 Å². The molecule has 4 N–H and O–H groups in total. The highest BCUT2D eigenvalue weighted by Gasteiger charge is 2.17. The van der Waals surface area contributed by atoms with Crippen molar-refractivity contribution in [2.24, 2.45) is 0 Å². The Morgan fingerprint density at radius 3 is 2.78 bits per heavy atom. The van der Waals surface area contributed by atoms with Gasteiger partial charge in [-0.2, -0.15) is 0 Å². The highest BCUT2D eigenvalue weighted by molar-refractivity contribution is 5.94. The minimum atomic E-state index is -0.466. The van der Waals surface area contributed by atoms with Crippen molar-refractivity contribution in [1.29, 1.82) is 0 Å². The third-order valence-electron chi connectivity index (χ3n) is 4.20. The van der Waals surface area contributed by atoms with Crippen LogP contribution in [0.2, 0.25) is 0 Å². The number of hydrogen-bond donors (Lipinski definition) is 4. The van der Waals surface area contributed by atoms with Gasteiger partial charge >= 0.3 is 0 Å². The number of hydrogen-bond acceptors (Lipinski definition) is 5. The average Bonchev–Trinajstić information content (AvgIpc) is 3.18. The van der Waals surface area contributed by atoms with Crippen molar-refractivity contribution in [2.45, 2.75) is 19.9 Å². The fourth-order valence-electron chi connectivity index (χ4n) is 2.80. The summed E-state index contributed by atoms with van der Waals surface area (Å²) in [4.78, 5) is 24.3. The number of carbonyl (C=O) groups excluding carboxylic acids is 1. The maximum Gasteiger partial charge on any atom is 0.268 e. The molecule has 0 fully saturated rings. The van der Waals surface area contributed by atoms with Crippen LogP contribution in [0.4, 0.5) is 5.95 Å². The molecular weight excluding hydrogens is 342 g/mol. The summed E-state index contributed by atoms with van der Waals surface area (Å²) in [5, 5.41) is 15.6. The van der Waals surface area contributed by atoms with Crippen molar-refractivity contribution in [3.05, 3.63) is 65.6 Å². The quantitative estimate of drug-likeness (QED) is 0.515. The summed E-state index contributed by atoms with van der Waals surface area (Å²) in [5.74, 6) is 0.262. The number of benzene rings is 1. The molecule has 0 saturated heterocycles. The van der Waals surface area contributed by atoms with Crippen LogP contribution in [0.3, 0.4) is 0 Å². The molecule has 2 heterocycles. The van der Waals surface area contributed by atoms with Gasteiger partial charge in [0.25, 0.3) is 5.91 Å². The molecule has 3 aromatic rings. The Morgan fingerprint density at radius 1 is 1.30 bits per heavy atom. The molecule has 2 aromatic heterocycles. The molecule has 1 atom stereocenters. The van der Waals surface area contributed by atoms with E-state index in [2.05, 4.69) is 25.6 Å². The van der Waals surface area contributed by atoms with Crippen molar-refractivity contribution in [1.82, 2.24) is 20.3 Å². The van der Waals surface area contributed by atoms with Crippen LogP contribution in [-0.2, 0) is 0 Å². The minimum Gasteiger partial charge on any atom is -0.394 e. The van der Waals surface area contributed by atoms with E-state index in [1.54, 1.807) is 18.5 Å². The molecule has 0 aliphatic carbocycles. The van der Waals surface area contributed by atoms with E-state index in [1.165, 1.54) is 0 Å². The largest absolute Gasteiger partial charge is 0.394 e. The van der Waals surface area contributed by atoms with Crippen molar-refractivity contribution in [3.63, 3.8) is 0 Å². The first kappa shape index (κ1) is 18.6. The third kappa shape index (κ3) is 4.32. The normalized spacial score (nSPS) is 11.8. The number of rotatable bonds is 7. The predicted molar refractivity (Wildman–Crippen MR) is 104 cm³/mol. The summed E-state index contributed by atoms with van der Waals surface area (Å²) >= 11 is 0. The number of nitrogens with one attached hydrogen (secondary N) is 3. The highest BCUT2D eigenvalue weighted by Crippen LogP contribution is 2.23. The van der Waals surface area contributed by atoms with E-state index < -0.39 is 6.04 Å². The lowest BCUT2D eigenvalue weighted by Crippen LogP contribution is -2.30. The van der Waals surface area contributed by atoms with Crippen LogP contribution in [0.15, 0.2) is 48.8 Å². The van der Waals surface area contributed by atoms with E-state index in [4.69, 9.17) is 0 Å². The third-order valence-corrected chi connectivity index (χ3v) is 4.20. The summed E-state index contributed by atoms with van der Waals surface area (Å²) in [6.07, 6.45) is 3.50. The first-order valence-electron chi connectivity index (χ1n) is 8.85. The Balaban J connectivity index is 1.79. The zero-order valence-electron chi connectivity index (χ0n) is 15.4. The summed E-state index contributed by atoms with van der Waals surface area (Å²) in [7, 11) is 0. The molecule has 27 heavy (non-hydrogen) atoms. The summed E-state index contributed by atoms with van der Waals surface area (Å²) in [5.41, 5.74) is 3.74. The van der Waals surface area contributed by atoms with Crippen molar-refractivity contribution in [3.8, 4) is 11.3 Å². The number of carbonyl (C=O) groups is 1. The number of aliphatic hydroxyl groups excluding tert-OH is 1. The van der Waals surface area contributed by atoms with Gasteiger partial charge in [0.2, 0.25) is 5.95 Å². The number of aromatic nitrogens is 3. The smallest absolute Gasteiger partial charge is 0.268 e. The van der Waals surface area contributed by atoms with E-state index in [9.17, 15) is 9.90 Å². The number of anilines is 1. The van der Waals surface area contributed by atoms with Crippen LogP contribution in [0, 0.1) is 6.92 Å². The van der Waals surface area contributed by atoms with Crippen LogP contribution in [0.25, 0.3) is 11.3 Å². The van der Waals surface area contributed by atoms with E-state index in [0.717, 1.165) is 28.9 Å². The van der Waals surface area contributed by atoms with Crippen LogP contribution >= 0.6 is 0 Å². The molecule has 1 aromatic carbocycles. The molecule has 0 radical (unpaired) electrons. The first-order chi connectivity index (χ1) is 13.1. The molecule has 7 nitrogen and oxygen atoms in total. The fourth-order valence-corrected chi connectivity index (χ4v) is 2.80. The lowest BCUT2D eigenvalue weighted by atomic mass is 10.1. The van der Waals surface area contributed by atoms with Crippen LogP contribution in [-0.4, -0.2) is 39.1 Å². The average molecular weight is 365 g/mol. The number of amides is 1. The Bertz CT molecular complexity index is 908. The number of aliphatic hydroxyl groups is 1. The molecule has 0 bridgehead atoms. The molecule has 0 saturated carbocycles. The molecule has 1 amide bonds. The number of nitrogens with zero attached hydrogens (tertiary/aromatic N) is 2. The maximum atomic E-state index is 12.6. The zero-order chi connectivity index (χ0) is 19.2. The van der Waals surface area contributed by atoms with Gasteiger partial charge in [-0.25, -0.2) is 9.97 Å². The highest BCUT2D eigenvalue weighted by atomic mass is 16.3. The number of aromatic amines is 1. The van der Waals surface area contributed by atoms with Gasteiger partial charge in [0.1, 0.15) is 5.69 Å². The van der Waals surface area contributed by atoms with Crippen molar-refractivity contribution in [2.75, 3.05) is 18.5 Å². The van der Waals surface area contributed by atoms with E-state index in [0.29, 0.717) is 11.6 Å². The van der Waals surface area contributed by atoms with Gasteiger partial charge < -0.3 is 20.7 Å².